The van der Waals surface area contributed by atoms with Crippen molar-refractivity contribution in [3.05, 3.63) is 93.2 Å². The first-order valence-corrected chi connectivity index (χ1v) is 10.1. The molecule has 2 aromatic carbocycles. The Kier molecular flexibility index (Phi) is 7.29. The molecular formula is C23H22F3N3O3. The van der Waals surface area contributed by atoms with Gasteiger partial charge in [-0.2, -0.15) is 5.10 Å². The number of carbonyl (C=O) groups is 1. The summed E-state index contributed by atoms with van der Waals surface area (Å²) in [5.74, 6) is -4.73. The second-order valence-corrected chi connectivity index (χ2v) is 7.29. The first kappa shape index (κ1) is 23.1. The van der Waals surface area contributed by atoms with E-state index in [1.807, 2.05) is 6.92 Å². The van der Waals surface area contributed by atoms with Crippen LogP contribution in [0.5, 0.6) is 5.75 Å². The zero-order valence-corrected chi connectivity index (χ0v) is 17.3. The van der Waals surface area contributed by atoms with Gasteiger partial charge in [0.05, 0.1) is 6.20 Å². The van der Waals surface area contributed by atoms with Crippen molar-refractivity contribution in [1.82, 2.24) is 15.1 Å². The largest absolute Gasteiger partial charge is 0.502 e. The number of carbonyl (C=O) groups excluding carboxylic acids is 1. The summed E-state index contributed by atoms with van der Waals surface area (Å²) < 4.78 is 42.4. The van der Waals surface area contributed by atoms with Crippen LogP contribution in [-0.2, 0) is 0 Å². The molecule has 6 nitrogen and oxygen atoms in total. The maximum Gasteiger partial charge on any atom is 0.275 e. The van der Waals surface area contributed by atoms with Crippen molar-refractivity contribution in [2.45, 2.75) is 25.7 Å². The van der Waals surface area contributed by atoms with Crippen LogP contribution < -0.4 is 5.43 Å². The zero-order valence-electron chi connectivity index (χ0n) is 17.3. The van der Waals surface area contributed by atoms with Gasteiger partial charge in [-0.15, -0.1) is 0 Å². The van der Waals surface area contributed by atoms with E-state index in [0.717, 1.165) is 12.3 Å². The number of aromatic amines is 1. The molecule has 32 heavy (non-hydrogen) atoms. The first-order valence-electron chi connectivity index (χ1n) is 10.1. The molecule has 0 aliphatic carbocycles. The van der Waals surface area contributed by atoms with Gasteiger partial charge in [-0.05, 0) is 42.2 Å². The van der Waals surface area contributed by atoms with Crippen LogP contribution >= 0.6 is 0 Å². The summed E-state index contributed by atoms with van der Waals surface area (Å²) in [5.41, 5.74) is -0.693. The zero-order chi connectivity index (χ0) is 23.3. The van der Waals surface area contributed by atoms with E-state index < -0.39 is 40.5 Å². The second kappa shape index (κ2) is 10.1. The van der Waals surface area contributed by atoms with Gasteiger partial charge in [-0.3, -0.25) is 14.7 Å². The molecule has 168 valence electrons. The Bertz CT molecular complexity index is 1170. The number of hydrogen-bond donors (Lipinski definition) is 2. The summed E-state index contributed by atoms with van der Waals surface area (Å²) in [5, 5.41) is 15.8. The van der Waals surface area contributed by atoms with Gasteiger partial charge in [0.1, 0.15) is 5.82 Å². The Morgan fingerprint density at radius 3 is 2.62 bits per heavy atom. The number of aromatic nitrogens is 2. The third kappa shape index (κ3) is 4.99. The van der Waals surface area contributed by atoms with E-state index in [2.05, 4.69) is 10.2 Å². The highest BCUT2D eigenvalue weighted by atomic mass is 19.2. The van der Waals surface area contributed by atoms with Crippen LogP contribution in [-0.4, -0.2) is 39.2 Å². The topological polar surface area (TPSA) is 86.3 Å². The number of nitrogens with zero attached hydrogens (tertiary/aromatic N) is 2. The predicted molar refractivity (Wildman–Crippen MR) is 112 cm³/mol. The lowest BCUT2D eigenvalue weighted by atomic mass is 9.87. The van der Waals surface area contributed by atoms with Gasteiger partial charge in [0.15, 0.2) is 23.1 Å². The van der Waals surface area contributed by atoms with Crippen LogP contribution in [0.2, 0.25) is 0 Å². The van der Waals surface area contributed by atoms with Crippen LogP contribution in [0, 0.1) is 17.5 Å². The Morgan fingerprint density at radius 2 is 1.91 bits per heavy atom. The molecule has 3 aromatic rings. The Labute approximate surface area is 182 Å². The average Bonchev–Trinajstić information content (AvgIpc) is 2.77. The maximum atomic E-state index is 14.6. The normalized spacial score (nSPS) is 11.9. The number of benzene rings is 2. The molecule has 0 spiro atoms. The van der Waals surface area contributed by atoms with Crippen LogP contribution in [0.15, 0.2) is 53.5 Å². The summed E-state index contributed by atoms with van der Waals surface area (Å²) in [7, 11) is 0. The highest BCUT2D eigenvalue weighted by Crippen LogP contribution is 2.32. The third-order valence-corrected chi connectivity index (χ3v) is 5.12. The lowest BCUT2D eigenvalue weighted by Gasteiger charge is -2.26. The average molecular weight is 445 g/mol. The van der Waals surface area contributed by atoms with Crippen LogP contribution in [0.1, 0.15) is 47.3 Å². The lowest BCUT2D eigenvalue weighted by molar-refractivity contribution is 0.0740. The van der Waals surface area contributed by atoms with Crippen molar-refractivity contribution in [3.8, 4) is 5.75 Å². The molecule has 9 heteroatoms. The van der Waals surface area contributed by atoms with Gasteiger partial charge >= 0.3 is 0 Å². The SMILES string of the molecule is CCCN(CCC(c1cccc(F)c1)c1cccc(F)c1F)C(=O)c1[nH]ncc(=O)c1O. The van der Waals surface area contributed by atoms with Crippen molar-refractivity contribution in [3.63, 3.8) is 0 Å². The van der Waals surface area contributed by atoms with Crippen molar-refractivity contribution < 1.29 is 23.1 Å². The molecule has 1 atom stereocenters. The van der Waals surface area contributed by atoms with Crippen LogP contribution in [0.4, 0.5) is 13.2 Å². The van der Waals surface area contributed by atoms with Crippen molar-refractivity contribution >= 4 is 5.91 Å². The van der Waals surface area contributed by atoms with Crippen LogP contribution in [0.25, 0.3) is 0 Å². The van der Waals surface area contributed by atoms with E-state index in [1.54, 1.807) is 6.07 Å². The molecule has 0 bridgehead atoms. The molecule has 0 fully saturated rings. The minimum atomic E-state index is -1.04. The molecule has 0 saturated carbocycles. The number of H-pyrrole nitrogens is 1. The fourth-order valence-electron chi connectivity index (χ4n) is 3.58. The van der Waals surface area contributed by atoms with E-state index >= 15 is 0 Å². The minimum absolute atomic E-state index is 0.0390. The van der Waals surface area contributed by atoms with E-state index in [1.165, 1.54) is 35.2 Å². The monoisotopic (exact) mass is 445 g/mol. The van der Waals surface area contributed by atoms with Crippen molar-refractivity contribution in [2.24, 2.45) is 0 Å². The van der Waals surface area contributed by atoms with E-state index in [9.17, 15) is 27.9 Å². The quantitative estimate of drug-likeness (QED) is 0.550. The van der Waals surface area contributed by atoms with Gasteiger partial charge in [-0.25, -0.2) is 13.2 Å². The molecule has 1 unspecified atom stereocenters. The van der Waals surface area contributed by atoms with Gasteiger partial charge in [-0.1, -0.05) is 31.2 Å². The molecule has 2 N–H and O–H groups in total. The summed E-state index contributed by atoms with van der Waals surface area (Å²) in [6.07, 6.45) is 1.56. The lowest BCUT2D eigenvalue weighted by Crippen LogP contribution is -2.35. The Hall–Kier alpha value is -3.62. The van der Waals surface area contributed by atoms with E-state index in [4.69, 9.17) is 0 Å². The Morgan fingerprint density at radius 1 is 1.16 bits per heavy atom. The predicted octanol–water partition coefficient (Wildman–Crippen LogP) is 3.97. The van der Waals surface area contributed by atoms with Crippen molar-refractivity contribution in [1.29, 1.82) is 0 Å². The highest BCUT2D eigenvalue weighted by Gasteiger charge is 2.25. The molecular weight excluding hydrogens is 423 g/mol. The maximum absolute atomic E-state index is 14.6. The molecule has 1 amide bonds. The molecule has 1 aromatic heterocycles. The van der Waals surface area contributed by atoms with Crippen molar-refractivity contribution in [2.75, 3.05) is 13.1 Å². The molecule has 0 saturated heterocycles. The number of hydrogen-bond acceptors (Lipinski definition) is 4. The van der Waals surface area contributed by atoms with E-state index in [-0.39, 0.29) is 30.8 Å². The van der Waals surface area contributed by atoms with Gasteiger partial charge in [0, 0.05) is 19.0 Å². The number of aromatic hydroxyl groups is 1. The number of halogens is 3. The second-order valence-electron chi connectivity index (χ2n) is 7.29. The standard InChI is InChI=1S/C23H22F3N3O3/c1-2-10-29(23(32)21-22(31)19(30)13-27-28-21)11-9-16(14-5-3-6-15(24)12-14)17-7-4-8-18(25)20(17)26/h3-8,12-13,16H,2,9-11H2,1H3,(H,27,31)(H,28,30). The minimum Gasteiger partial charge on any atom is -0.502 e. The molecule has 0 aliphatic rings. The van der Waals surface area contributed by atoms with Gasteiger partial charge in [0.25, 0.3) is 5.91 Å². The van der Waals surface area contributed by atoms with Gasteiger partial charge in [0.2, 0.25) is 5.43 Å². The molecule has 0 aliphatic heterocycles. The summed E-state index contributed by atoms with van der Waals surface area (Å²) in [6, 6.07) is 9.35. The first-order chi connectivity index (χ1) is 15.3. The van der Waals surface area contributed by atoms with E-state index in [0.29, 0.717) is 12.0 Å². The highest BCUT2D eigenvalue weighted by molar-refractivity contribution is 5.94. The number of nitrogens with one attached hydrogen (secondary N) is 1. The smallest absolute Gasteiger partial charge is 0.275 e. The summed E-state index contributed by atoms with van der Waals surface area (Å²) >= 11 is 0. The Balaban J connectivity index is 1.94. The fraction of sp³-hybridized carbons (Fsp3) is 0.261. The molecule has 0 radical (unpaired) electrons. The van der Waals surface area contributed by atoms with Gasteiger partial charge < -0.3 is 10.0 Å². The fourth-order valence-corrected chi connectivity index (χ4v) is 3.58. The number of rotatable bonds is 8. The van der Waals surface area contributed by atoms with Crippen LogP contribution in [0.3, 0.4) is 0 Å². The third-order valence-electron chi connectivity index (χ3n) is 5.12. The number of amides is 1. The molecule has 3 rings (SSSR count). The molecule has 1 heterocycles. The summed E-state index contributed by atoms with van der Waals surface area (Å²) in [6.45, 7) is 2.18. The summed E-state index contributed by atoms with van der Waals surface area (Å²) in [4.78, 5) is 25.9.